The zero-order valence-electron chi connectivity index (χ0n) is 15.4. The number of aliphatic carboxylic acids is 1. The van der Waals surface area contributed by atoms with Crippen molar-refractivity contribution in [3.63, 3.8) is 0 Å². The van der Waals surface area contributed by atoms with Crippen LogP contribution in [-0.4, -0.2) is 42.3 Å². The van der Waals surface area contributed by atoms with Crippen LogP contribution in [0, 0.1) is 0 Å². The molecule has 1 saturated carbocycles. The highest BCUT2D eigenvalue weighted by atomic mass is 16.5. The van der Waals surface area contributed by atoms with Crippen molar-refractivity contribution in [1.82, 2.24) is 0 Å². The lowest BCUT2D eigenvalue weighted by Crippen LogP contribution is -2.96. The summed E-state index contributed by atoms with van der Waals surface area (Å²) in [5, 5.41) is 18.9. The Hall–Kier alpha value is -2.12. The Labute approximate surface area is 154 Å². The number of carboxylic acids is 1. The molecule has 1 aromatic carbocycles. The van der Waals surface area contributed by atoms with Gasteiger partial charge in [-0.05, 0) is 56.4 Å². The normalized spacial score (nSPS) is 15.5. The fourth-order valence-electron chi connectivity index (χ4n) is 2.91. The zero-order chi connectivity index (χ0) is 19.4. The Bertz CT molecular complexity index is 541. The van der Waals surface area contributed by atoms with E-state index < -0.39 is 12.6 Å². The molecule has 0 spiro atoms. The number of nitrogen functional groups attached to an aromatic ring is 1. The largest absolute Gasteiger partial charge is 0.548 e. The van der Waals surface area contributed by atoms with E-state index in [0.29, 0.717) is 29.9 Å². The minimum absolute atomic E-state index is 0.259. The van der Waals surface area contributed by atoms with Gasteiger partial charge in [-0.2, -0.15) is 0 Å². The van der Waals surface area contributed by atoms with E-state index in [2.05, 4.69) is 12.2 Å². The van der Waals surface area contributed by atoms with Crippen LogP contribution in [0.1, 0.15) is 55.8 Å². The molecule has 0 radical (unpaired) electrons. The van der Waals surface area contributed by atoms with Gasteiger partial charge in [0.25, 0.3) is 0 Å². The standard InChI is InChI=1S/C17H26N2O2.C2H4O3/c1-2-15(19-16-6-4-3-5-7-16)12-21-17(20)13-8-10-14(18)11-9-13;3-1-2(4)5/h8-11,15-16,19H,2-7,12,18H2,1H3;3H,1H2,(H,4,5). The van der Waals surface area contributed by atoms with Crippen molar-refractivity contribution in [3.05, 3.63) is 29.8 Å². The summed E-state index contributed by atoms with van der Waals surface area (Å²) in [5.74, 6) is -1.70. The van der Waals surface area contributed by atoms with Gasteiger partial charge < -0.3 is 30.8 Å². The number of carbonyl (C=O) groups excluding carboxylic acids is 2. The summed E-state index contributed by atoms with van der Waals surface area (Å²) in [6.45, 7) is 1.75. The van der Waals surface area contributed by atoms with E-state index in [1.54, 1.807) is 24.3 Å². The fraction of sp³-hybridized carbons (Fsp3) is 0.579. The first-order chi connectivity index (χ1) is 12.5. The third kappa shape index (κ3) is 8.82. The van der Waals surface area contributed by atoms with Gasteiger partial charge in [0, 0.05) is 5.69 Å². The smallest absolute Gasteiger partial charge is 0.338 e. The molecule has 2 rings (SSSR count). The molecule has 0 aromatic heterocycles. The van der Waals surface area contributed by atoms with E-state index in [4.69, 9.17) is 25.5 Å². The molecular formula is C19H30N2O5. The minimum Gasteiger partial charge on any atom is -0.548 e. The second kappa shape index (κ2) is 12.3. The van der Waals surface area contributed by atoms with Crippen LogP contribution in [-0.2, 0) is 9.53 Å². The minimum atomic E-state index is -1.44. The summed E-state index contributed by atoms with van der Waals surface area (Å²) < 4.78 is 5.45. The molecule has 26 heavy (non-hydrogen) atoms. The summed E-state index contributed by atoms with van der Waals surface area (Å²) in [4.78, 5) is 21.0. The molecule has 1 aromatic rings. The van der Waals surface area contributed by atoms with E-state index in [1.165, 1.54) is 32.1 Å². The molecule has 1 aliphatic carbocycles. The molecule has 5 N–H and O–H groups in total. The molecule has 1 aliphatic rings. The van der Waals surface area contributed by atoms with Crippen LogP contribution < -0.4 is 16.2 Å². The van der Waals surface area contributed by atoms with Gasteiger partial charge in [0.2, 0.25) is 0 Å². The van der Waals surface area contributed by atoms with Crippen LogP contribution in [0.5, 0.6) is 0 Å². The summed E-state index contributed by atoms with van der Waals surface area (Å²) >= 11 is 0. The van der Waals surface area contributed by atoms with Gasteiger partial charge in [-0.25, -0.2) is 4.79 Å². The average Bonchev–Trinajstić information content (AvgIpc) is 2.66. The molecule has 1 atom stereocenters. The number of hydrogen-bond donors (Lipinski definition) is 3. The van der Waals surface area contributed by atoms with Crippen molar-refractivity contribution >= 4 is 17.6 Å². The molecule has 7 heteroatoms. The molecule has 0 heterocycles. The van der Waals surface area contributed by atoms with Crippen molar-refractivity contribution in [2.75, 3.05) is 18.9 Å². The SMILES string of the molecule is CCC(COC(=O)c1ccc(N)cc1)[NH2+]C1CCCCC1.O=C([O-])CO. The Morgan fingerprint density at radius 3 is 2.35 bits per heavy atom. The van der Waals surface area contributed by atoms with Gasteiger partial charge in [-0.15, -0.1) is 0 Å². The number of benzene rings is 1. The molecule has 7 nitrogen and oxygen atoms in total. The van der Waals surface area contributed by atoms with Crippen LogP contribution in [0.2, 0.25) is 0 Å². The number of carbonyl (C=O) groups is 2. The summed E-state index contributed by atoms with van der Waals surface area (Å²) in [7, 11) is 0. The number of hydrogen-bond acceptors (Lipinski definition) is 6. The first-order valence-electron chi connectivity index (χ1n) is 9.14. The third-order valence-corrected chi connectivity index (χ3v) is 4.42. The third-order valence-electron chi connectivity index (χ3n) is 4.42. The maximum atomic E-state index is 12.0. The van der Waals surface area contributed by atoms with Crippen molar-refractivity contribution in [2.45, 2.75) is 57.5 Å². The molecule has 0 bridgehead atoms. The predicted octanol–water partition coefficient (Wildman–Crippen LogP) is -0.171. The van der Waals surface area contributed by atoms with E-state index in [-0.39, 0.29) is 5.97 Å². The fourth-order valence-corrected chi connectivity index (χ4v) is 2.91. The second-order valence-electron chi connectivity index (χ2n) is 6.51. The average molecular weight is 366 g/mol. The molecule has 1 fully saturated rings. The number of esters is 1. The van der Waals surface area contributed by atoms with Crippen molar-refractivity contribution in [3.8, 4) is 0 Å². The molecule has 1 unspecified atom stereocenters. The van der Waals surface area contributed by atoms with Crippen LogP contribution in [0.4, 0.5) is 5.69 Å². The first-order valence-corrected chi connectivity index (χ1v) is 9.14. The van der Waals surface area contributed by atoms with Crippen LogP contribution in [0.3, 0.4) is 0 Å². The Morgan fingerprint density at radius 2 is 1.85 bits per heavy atom. The van der Waals surface area contributed by atoms with Gasteiger partial charge in [0.05, 0.1) is 24.2 Å². The molecule has 0 aliphatic heterocycles. The van der Waals surface area contributed by atoms with Gasteiger partial charge in [-0.1, -0.05) is 13.3 Å². The second-order valence-corrected chi connectivity index (χ2v) is 6.51. The first kappa shape index (κ1) is 21.9. The van der Waals surface area contributed by atoms with E-state index >= 15 is 0 Å². The monoisotopic (exact) mass is 366 g/mol. The number of rotatable bonds is 7. The van der Waals surface area contributed by atoms with E-state index in [1.807, 2.05) is 0 Å². The van der Waals surface area contributed by atoms with E-state index in [9.17, 15) is 4.79 Å². The lowest BCUT2D eigenvalue weighted by Gasteiger charge is -2.24. The highest BCUT2D eigenvalue weighted by Crippen LogP contribution is 2.15. The molecule has 0 amide bonds. The summed E-state index contributed by atoms with van der Waals surface area (Å²) in [6.07, 6.45) is 7.65. The van der Waals surface area contributed by atoms with E-state index in [0.717, 1.165) is 6.42 Å². The topological polar surface area (TPSA) is 129 Å². The van der Waals surface area contributed by atoms with Crippen molar-refractivity contribution in [2.24, 2.45) is 0 Å². The quantitative estimate of drug-likeness (QED) is 0.454. The zero-order valence-corrected chi connectivity index (χ0v) is 15.4. The number of nitrogens with two attached hydrogens (primary N) is 2. The maximum absolute atomic E-state index is 12.0. The number of anilines is 1. The lowest BCUT2D eigenvalue weighted by atomic mass is 9.95. The van der Waals surface area contributed by atoms with Crippen LogP contribution >= 0.6 is 0 Å². The number of carboxylic acid groups (broad SMARTS) is 1. The highest BCUT2D eigenvalue weighted by Gasteiger charge is 2.21. The van der Waals surface area contributed by atoms with Gasteiger partial charge in [0.15, 0.2) is 0 Å². The Balaban J connectivity index is 0.000000597. The Morgan fingerprint density at radius 1 is 1.27 bits per heavy atom. The highest BCUT2D eigenvalue weighted by molar-refractivity contribution is 5.89. The van der Waals surface area contributed by atoms with Gasteiger partial charge >= 0.3 is 5.97 Å². The van der Waals surface area contributed by atoms with Crippen molar-refractivity contribution in [1.29, 1.82) is 0 Å². The Kier molecular flexibility index (Phi) is 10.3. The van der Waals surface area contributed by atoms with Gasteiger partial charge in [0.1, 0.15) is 12.6 Å². The molecule has 146 valence electrons. The summed E-state index contributed by atoms with van der Waals surface area (Å²) in [6, 6.07) is 7.95. The van der Waals surface area contributed by atoms with Gasteiger partial charge in [-0.3, -0.25) is 0 Å². The maximum Gasteiger partial charge on any atom is 0.338 e. The molecular weight excluding hydrogens is 336 g/mol. The summed E-state index contributed by atoms with van der Waals surface area (Å²) in [5.41, 5.74) is 6.84. The predicted molar refractivity (Wildman–Crippen MR) is 96.1 cm³/mol. The number of ether oxygens (including phenoxy) is 1. The van der Waals surface area contributed by atoms with Crippen molar-refractivity contribution < 1.29 is 29.9 Å². The van der Waals surface area contributed by atoms with Crippen LogP contribution in [0.25, 0.3) is 0 Å². The number of aliphatic hydroxyl groups excluding tert-OH is 1. The molecule has 0 saturated heterocycles. The van der Waals surface area contributed by atoms with Crippen LogP contribution in [0.15, 0.2) is 24.3 Å². The number of quaternary nitrogens is 1. The number of aliphatic hydroxyl groups is 1. The lowest BCUT2D eigenvalue weighted by molar-refractivity contribution is -0.724.